The third-order valence-corrected chi connectivity index (χ3v) is 5.91. The molecular weight excluding hydrogens is 354 g/mol. The molecule has 0 atom stereocenters. The van der Waals surface area contributed by atoms with Crippen LogP contribution in [0.25, 0.3) is 0 Å². The first-order chi connectivity index (χ1) is 13.5. The van der Waals surface area contributed by atoms with E-state index in [4.69, 9.17) is 9.47 Å². The van der Waals surface area contributed by atoms with E-state index in [1.54, 1.807) is 4.90 Å². The second-order valence-electron chi connectivity index (χ2n) is 7.75. The average Bonchev–Trinajstić information content (AvgIpc) is 2.71. The Kier molecular flexibility index (Phi) is 4.84. The van der Waals surface area contributed by atoms with Crippen LogP contribution in [0.5, 0.6) is 11.5 Å². The highest BCUT2D eigenvalue weighted by Crippen LogP contribution is 2.41. The smallest absolute Gasteiger partial charge is 0.260 e. The molecule has 0 N–H and O–H groups in total. The summed E-state index contributed by atoms with van der Waals surface area (Å²) in [5.41, 5.74) is 2.33. The van der Waals surface area contributed by atoms with Crippen LogP contribution in [0.2, 0.25) is 0 Å². The second kappa shape index (κ2) is 7.30. The molecule has 0 saturated carbocycles. The van der Waals surface area contributed by atoms with Crippen LogP contribution in [0.1, 0.15) is 40.7 Å². The van der Waals surface area contributed by atoms with Gasteiger partial charge in [-0.3, -0.25) is 9.59 Å². The van der Waals surface area contributed by atoms with Crippen LogP contribution < -0.4 is 9.47 Å². The highest BCUT2D eigenvalue weighted by molar-refractivity contribution is 6.01. The number of rotatable bonds is 3. The number of fused-ring (bicyclic) bond motifs is 1. The van der Waals surface area contributed by atoms with E-state index in [0.717, 1.165) is 16.9 Å². The Morgan fingerprint density at radius 1 is 1.11 bits per heavy atom. The summed E-state index contributed by atoms with van der Waals surface area (Å²) >= 11 is 0. The molecule has 28 heavy (non-hydrogen) atoms. The van der Waals surface area contributed by atoms with Crippen LogP contribution in [-0.4, -0.2) is 41.9 Å². The molecule has 2 aromatic rings. The van der Waals surface area contributed by atoms with Crippen LogP contribution in [0.15, 0.2) is 42.5 Å². The zero-order valence-corrected chi connectivity index (χ0v) is 16.4. The first kappa shape index (κ1) is 18.5. The molecule has 0 radical (unpaired) electrons. The van der Waals surface area contributed by atoms with E-state index in [1.165, 1.54) is 0 Å². The minimum absolute atomic E-state index is 0.0257. The van der Waals surface area contributed by atoms with E-state index in [2.05, 4.69) is 0 Å². The molecule has 146 valence electrons. The molecule has 2 aliphatic heterocycles. The van der Waals surface area contributed by atoms with Gasteiger partial charge >= 0.3 is 0 Å². The number of aryl methyl sites for hydroxylation is 1. The molecule has 1 amide bonds. The Bertz CT molecular complexity index is 898. The van der Waals surface area contributed by atoms with Crippen molar-refractivity contribution in [2.24, 2.45) is 0 Å². The lowest BCUT2D eigenvalue weighted by molar-refractivity contribution is -0.136. The molecule has 4 rings (SSSR count). The van der Waals surface area contributed by atoms with Crippen molar-refractivity contribution in [3.8, 4) is 11.5 Å². The maximum absolute atomic E-state index is 12.7. The summed E-state index contributed by atoms with van der Waals surface area (Å²) in [6.45, 7) is 5.20. The lowest BCUT2D eigenvalue weighted by Gasteiger charge is -2.44. The van der Waals surface area contributed by atoms with Crippen molar-refractivity contribution in [2.45, 2.75) is 38.7 Å². The fourth-order valence-electron chi connectivity index (χ4n) is 3.98. The molecule has 1 fully saturated rings. The zero-order valence-electron chi connectivity index (χ0n) is 16.4. The van der Waals surface area contributed by atoms with Crippen molar-refractivity contribution in [1.29, 1.82) is 0 Å². The van der Waals surface area contributed by atoms with Gasteiger partial charge in [-0.1, -0.05) is 24.3 Å². The topological polar surface area (TPSA) is 55.8 Å². The van der Waals surface area contributed by atoms with E-state index < -0.39 is 5.60 Å². The Hall–Kier alpha value is -2.82. The maximum atomic E-state index is 12.7. The van der Waals surface area contributed by atoms with Crippen LogP contribution >= 0.6 is 0 Å². The van der Waals surface area contributed by atoms with Gasteiger partial charge in [-0.15, -0.1) is 0 Å². The van der Waals surface area contributed by atoms with Crippen molar-refractivity contribution in [1.82, 2.24) is 4.90 Å². The van der Waals surface area contributed by atoms with Crippen molar-refractivity contribution in [2.75, 3.05) is 19.7 Å². The van der Waals surface area contributed by atoms with Gasteiger partial charge in [-0.2, -0.15) is 0 Å². The number of Topliss-reactive ketones (excluding diaryl/α,β-unsaturated/α-hetero) is 1. The number of nitrogens with zero attached hydrogens (tertiary/aromatic N) is 1. The third kappa shape index (κ3) is 3.49. The van der Waals surface area contributed by atoms with Crippen LogP contribution in [0, 0.1) is 13.8 Å². The van der Waals surface area contributed by atoms with E-state index in [1.807, 2.05) is 56.3 Å². The number of carbonyl (C=O) groups is 2. The molecule has 2 heterocycles. The minimum Gasteiger partial charge on any atom is -0.486 e. The van der Waals surface area contributed by atoms with E-state index >= 15 is 0 Å². The number of para-hydroxylation sites is 1. The van der Waals surface area contributed by atoms with Crippen molar-refractivity contribution < 1.29 is 19.1 Å². The SMILES string of the molecule is Cc1ccc2c(c1C)OC1(CCN(C(=O)COc3ccccc3)CC1)CC2=O. The lowest BCUT2D eigenvalue weighted by Crippen LogP contribution is -2.53. The van der Waals surface area contributed by atoms with E-state index in [9.17, 15) is 9.59 Å². The third-order valence-electron chi connectivity index (χ3n) is 5.91. The fourth-order valence-corrected chi connectivity index (χ4v) is 3.98. The minimum atomic E-state index is -0.500. The van der Waals surface area contributed by atoms with Crippen LogP contribution in [0.3, 0.4) is 0 Å². The fraction of sp³-hybridized carbons (Fsp3) is 0.391. The van der Waals surface area contributed by atoms with Gasteiger partial charge in [0.1, 0.15) is 17.1 Å². The van der Waals surface area contributed by atoms with Gasteiger partial charge in [0.15, 0.2) is 12.4 Å². The van der Waals surface area contributed by atoms with Crippen LogP contribution in [0.4, 0.5) is 0 Å². The average molecular weight is 379 g/mol. The number of ketones is 1. The summed E-state index contributed by atoms with van der Waals surface area (Å²) in [5, 5.41) is 0. The standard InChI is InChI=1S/C23H25NO4/c1-16-8-9-19-20(25)14-23(28-22(19)17(16)2)10-12-24(13-11-23)21(26)15-27-18-6-4-3-5-7-18/h3-9H,10-15H2,1-2H3. The number of hydrogen-bond donors (Lipinski definition) is 0. The second-order valence-corrected chi connectivity index (χ2v) is 7.75. The Balaban J connectivity index is 1.40. The van der Waals surface area contributed by atoms with Gasteiger partial charge in [-0.25, -0.2) is 0 Å². The molecule has 0 unspecified atom stereocenters. The molecule has 0 aliphatic carbocycles. The predicted octanol–water partition coefficient (Wildman–Crippen LogP) is 3.71. The molecule has 0 bridgehead atoms. The van der Waals surface area contributed by atoms with Gasteiger partial charge in [-0.05, 0) is 43.2 Å². The quantitative estimate of drug-likeness (QED) is 0.816. The summed E-state index contributed by atoms with van der Waals surface area (Å²) in [6.07, 6.45) is 1.69. The summed E-state index contributed by atoms with van der Waals surface area (Å²) in [5.74, 6) is 1.52. The summed E-state index contributed by atoms with van der Waals surface area (Å²) in [7, 11) is 0. The van der Waals surface area contributed by atoms with Crippen molar-refractivity contribution >= 4 is 11.7 Å². The molecular formula is C23H25NO4. The first-order valence-electron chi connectivity index (χ1n) is 9.75. The summed E-state index contributed by atoms with van der Waals surface area (Å²) < 4.78 is 12.0. The Morgan fingerprint density at radius 3 is 2.54 bits per heavy atom. The molecule has 5 heteroatoms. The number of piperidine rings is 1. The van der Waals surface area contributed by atoms with Gasteiger partial charge in [0.2, 0.25) is 0 Å². The summed E-state index contributed by atoms with van der Waals surface area (Å²) in [4.78, 5) is 27.0. The normalized spacial score (nSPS) is 17.8. The van der Waals surface area contributed by atoms with Gasteiger partial charge < -0.3 is 14.4 Å². The number of ether oxygens (including phenoxy) is 2. The number of hydrogen-bond acceptors (Lipinski definition) is 4. The molecule has 0 aromatic heterocycles. The van der Waals surface area contributed by atoms with Gasteiger partial charge in [0.25, 0.3) is 5.91 Å². The van der Waals surface area contributed by atoms with E-state index in [0.29, 0.717) is 43.7 Å². The molecule has 2 aromatic carbocycles. The number of carbonyl (C=O) groups excluding carboxylic acids is 2. The Morgan fingerprint density at radius 2 is 1.82 bits per heavy atom. The van der Waals surface area contributed by atoms with Gasteiger partial charge in [0, 0.05) is 25.9 Å². The Labute approximate surface area is 165 Å². The number of amides is 1. The van der Waals surface area contributed by atoms with E-state index in [-0.39, 0.29) is 18.3 Å². The van der Waals surface area contributed by atoms with Crippen molar-refractivity contribution in [3.63, 3.8) is 0 Å². The number of likely N-dealkylation sites (tertiary alicyclic amines) is 1. The highest BCUT2D eigenvalue weighted by Gasteiger charge is 2.44. The van der Waals surface area contributed by atoms with Crippen LogP contribution in [-0.2, 0) is 4.79 Å². The lowest BCUT2D eigenvalue weighted by atomic mass is 9.81. The van der Waals surface area contributed by atoms with Crippen molar-refractivity contribution in [3.05, 3.63) is 59.2 Å². The zero-order chi connectivity index (χ0) is 19.7. The summed E-state index contributed by atoms with van der Waals surface area (Å²) in [6, 6.07) is 13.2. The number of benzene rings is 2. The van der Waals surface area contributed by atoms with Gasteiger partial charge in [0.05, 0.1) is 12.0 Å². The molecule has 1 saturated heterocycles. The molecule has 2 aliphatic rings. The monoisotopic (exact) mass is 379 g/mol. The largest absolute Gasteiger partial charge is 0.486 e. The maximum Gasteiger partial charge on any atom is 0.260 e. The molecule has 5 nitrogen and oxygen atoms in total. The molecule has 1 spiro atoms. The first-order valence-corrected chi connectivity index (χ1v) is 9.75. The predicted molar refractivity (Wildman–Crippen MR) is 106 cm³/mol. The highest BCUT2D eigenvalue weighted by atomic mass is 16.5.